The van der Waals surface area contributed by atoms with Gasteiger partial charge in [-0.2, -0.15) is 0 Å². The number of anilines is 1. The van der Waals surface area contributed by atoms with Crippen molar-refractivity contribution >= 4 is 11.5 Å². The van der Waals surface area contributed by atoms with Crippen LogP contribution in [-0.4, -0.2) is 50.8 Å². The molecular weight excluding hydrogens is 290 g/mol. The molecule has 0 spiro atoms. The maximum Gasteiger partial charge on any atom is 0.200 e. The first kappa shape index (κ1) is 15.4. The van der Waals surface area contributed by atoms with E-state index in [9.17, 15) is 0 Å². The summed E-state index contributed by atoms with van der Waals surface area (Å²) in [6.07, 6.45) is 1.06. The molecule has 0 fully saturated rings. The van der Waals surface area contributed by atoms with Crippen molar-refractivity contribution in [3.8, 4) is 0 Å². The third-order valence-corrected chi connectivity index (χ3v) is 3.94. The molecule has 0 aliphatic carbocycles. The molecule has 1 N–H and O–H groups in total. The average Bonchev–Trinajstić information content (AvgIpc) is 3.03. The first-order valence-corrected chi connectivity index (χ1v) is 7.72. The van der Waals surface area contributed by atoms with Crippen molar-refractivity contribution in [3.63, 3.8) is 0 Å². The van der Waals surface area contributed by atoms with Gasteiger partial charge in [-0.05, 0) is 54.2 Å². The second-order valence-corrected chi connectivity index (χ2v) is 5.70. The number of benzene rings is 1. The maximum absolute atomic E-state index is 4.34. The average molecular weight is 311 g/mol. The fourth-order valence-electron chi connectivity index (χ4n) is 2.52. The lowest BCUT2D eigenvalue weighted by atomic mass is 10.0. The molecule has 0 saturated carbocycles. The SMILES string of the molecule is CCc1ccc([C@H](CNc2ccc3nnnn3n2)N(C)C)cc1. The molecule has 2 aromatic heterocycles. The molecule has 0 amide bonds. The van der Waals surface area contributed by atoms with Crippen LogP contribution >= 0.6 is 0 Å². The van der Waals surface area contributed by atoms with Crippen LogP contribution in [0.1, 0.15) is 24.1 Å². The van der Waals surface area contributed by atoms with Gasteiger partial charge in [-0.15, -0.1) is 14.8 Å². The molecule has 0 unspecified atom stereocenters. The largest absolute Gasteiger partial charge is 0.367 e. The Morgan fingerprint density at radius 2 is 1.91 bits per heavy atom. The molecular formula is C16H21N7. The van der Waals surface area contributed by atoms with Crippen LogP contribution in [-0.2, 0) is 6.42 Å². The van der Waals surface area contributed by atoms with Gasteiger partial charge in [-0.1, -0.05) is 31.2 Å². The minimum Gasteiger partial charge on any atom is -0.367 e. The molecule has 0 aliphatic rings. The Hall–Kier alpha value is -2.54. The van der Waals surface area contributed by atoms with Crippen LogP contribution < -0.4 is 5.32 Å². The second kappa shape index (κ2) is 6.70. The number of fused-ring (bicyclic) bond motifs is 1. The first-order chi connectivity index (χ1) is 11.2. The van der Waals surface area contributed by atoms with E-state index in [2.05, 4.69) is 76.1 Å². The highest BCUT2D eigenvalue weighted by atomic mass is 15.6. The van der Waals surface area contributed by atoms with Crippen LogP contribution in [0.5, 0.6) is 0 Å². The van der Waals surface area contributed by atoms with Gasteiger partial charge in [-0.3, -0.25) is 0 Å². The molecule has 2 heterocycles. The molecule has 120 valence electrons. The summed E-state index contributed by atoms with van der Waals surface area (Å²) in [5.74, 6) is 0.752. The van der Waals surface area contributed by atoms with Crippen molar-refractivity contribution < 1.29 is 0 Å². The fraction of sp³-hybridized carbons (Fsp3) is 0.375. The minimum absolute atomic E-state index is 0.257. The van der Waals surface area contributed by atoms with E-state index in [1.54, 1.807) is 0 Å². The summed E-state index contributed by atoms with van der Waals surface area (Å²) in [7, 11) is 4.16. The molecule has 23 heavy (non-hydrogen) atoms. The molecule has 7 heteroatoms. The highest BCUT2D eigenvalue weighted by molar-refractivity contribution is 5.42. The monoisotopic (exact) mass is 311 g/mol. The highest BCUT2D eigenvalue weighted by Crippen LogP contribution is 2.19. The highest BCUT2D eigenvalue weighted by Gasteiger charge is 2.14. The van der Waals surface area contributed by atoms with Crippen molar-refractivity contribution in [2.24, 2.45) is 0 Å². The topological polar surface area (TPSA) is 71.2 Å². The summed E-state index contributed by atoms with van der Waals surface area (Å²) in [5.41, 5.74) is 3.27. The molecule has 3 aromatic rings. The zero-order chi connectivity index (χ0) is 16.2. The molecule has 1 aromatic carbocycles. The van der Waals surface area contributed by atoms with Crippen molar-refractivity contribution in [2.45, 2.75) is 19.4 Å². The molecule has 1 atom stereocenters. The normalized spacial score (nSPS) is 12.7. The van der Waals surface area contributed by atoms with Gasteiger partial charge in [0.2, 0.25) is 0 Å². The van der Waals surface area contributed by atoms with E-state index in [1.807, 2.05) is 12.1 Å². The fourth-order valence-corrected chi connectivity index (χ4v) is 2.52. The van der Waals surface area contributed by atoms with Gasteiger partial charge in [-0.25, -0.2) is 0 Å². The van der Waals surface area contributed by atoms with Crippen LogP contribution in [0.15, 0.2) is 36.4 Å². The Morgan fingerprint density at radius 3 is 2.61 bits per heavy atom. The predicted octanol–water partition coefficient (Wildman–Crippen LogP) is 1.80. The number of hydrogen-bond donors (Lipinski definition) is 1. The number of hydrogen-bond acceptors (Lipinski definition) is 6. The summed E-state index contributed by atoms with van der Waals surface area (Å²) in [4.78, 5) is 2.20. The maximum atomic E-state index is 4.34. The molecule has 0 radical (unpaired) electrons. The predicted molar refractivity (Wildman–Crippen MR) is 89.3 cm³/mol. The summed E-state index contributed by atoms with van der Waals surface area (Å²) in [6.45, 7) is 2.92. The van der Waals surface area contributed by atoms with Gasteiger partial charge in [0.15, 0.2) is 5.65 Å². The zero-order valence-corrected chi connectivity index (χ0v) is 13.6. The van der Waals surface area contributed by atoms with E-state index in [1.165, 1.54) is 15.8 Å². The van der Waals surface area contributed by atoms with Crippen LogP contribution in [0.4, 0.5) is 5.82 Å². The van der Waals surface area contributed by atoms with Crippen LogP contribution in [0.25, 0.3) is 5.65 Å². The molecule has 0 aliphatic heterocycles. The quantitative estimate of drug-likeness (QED) is 0.748. The van der Waals surface area contributed by atoms with Gasteiger partial charge in [0.1, 0.15) is 5.82 Å². The lowest BCUT2D eigenvalue weighted by Gasteiger charge is -2.25. The Balaban J connectivity index is 1.73. The number of nitrogens with zero attached hydrogens (tertiary/aromatic N) is 6. The van der Waals surface area contributed by atoms with Crippen LogP contribution in [0.3, 0.4) is 0 Å². The number of aryl methyl sites for hydroxylation is 1. The summed E-state index contributed by atoms with van der Waals surface area (Å²) >= 11 is 0. The Bertz CT molecular complexity index is 763. The number of nitrogens with one attached hydrogen (secondary N) is 1. The minimum atomic E-state index is 0.257. The van der Waals surface area contributed by atoms with Crippen molar-refractivity contribution in [3.05, 3.63) is 47.5 Å². The van der Waals surface area contributed by atoms with Gasteiger partial charge >= 0.3 is 0 Å². The van der Waals surface area contributed by atoms with Gasteiger partial charge in [0.05, 0.1) is 6.04 Å². The molecule has 0 saturated heterocycles. The van der Waals surface area contributed by atoms with E-state index in [0.717, 1.165) is 18.8 Å². The second-order valence-electron chi connectivity index (χ2n) is 5.70. The van der Waals surface area contributed by atoms with Gasteiger partial charge in [0.25, 0.3) is 0 Å². The third-order valence-electron chi connectivity index (χ3n) is 3.94. The van der Waals surface area contributed by atoms with E-state index in [4.69, 9.17) is 0 Å². The smallest absolute Gasteiger partial charge is 0.200 e. The number of aromatic nitrogens is 5. The van der Waals surface area contributed by atoms with Gasteiger partial charge in [0, 0.05) is 6.54 Å². The Morgan fingerprint density at radius 1 is 1.13 bits per heavy atom. The van der Waals surface area contributed by atoms with E-state index in [0.29, 0.717) is 5.65 Å². The van der Waals surface area contributed by atoms with Crippen molar-refractivity contribution in [2.75, 3.05) is 26.0 Å². The van der Waals surface area contributed by atoms with Crippen LogP contribution in [0, 0.1) is 0 Å². The number of tetrazole rings is 1. The number of likely N-dealkylation sites (N-methyl/N-ethyl adjacent to an activating group) is 1. The summed E-state index contributed by atoms with van der Waals surface area (Å²) in [5, 5.41) is 19.0. The standard InChI is InChI=1S/C16H21N7/c1-4-12-5-7-13(8-6-12)14(22(2)3)11-17-15-9-10-16-18-20-21-23(16)19-15/h5-10,14H,4,11H2,1-3H3,(H,17,19)/t14-/m0/s1. The lowest BCUT2D eigenvalue weighted by molar-refractivity contribution is 0.311. The summed E-state index contributed by atoms with van der Waals surface area (Å²) < 4.78 is 1.42. The van der Waals surface area contributed by atoms with E-state index in [-0.39, 0.29) is 6.04 Å². The Kier molecular flexibility index (Phi) is 4.47. The molecule has 0 bridgehead atoms. The van der Waals surface area contributed by atoms with E-state index >= 15 is 0 Å². The summed E-state index contributed by atoms with van der Waals surface area (Å²) in [6, 6.07) is 12.8. The molecule has 7 nitrogen and oxygen atoms in total. The first-order valence-electron chi connectivity index (χ1n) is 7.72. The molecule has 3 rings (SSSR count). The van der Waals surface area contributed by atoms with Crippen molar-refractivity contribution in [1.29, 1.82) is 0 Å². The third kappa shape index (κ3) is 3.45. The van der Waals surface area contributed by atoms with Gasteiger partial charge < -0.3 is 10.2 Å². The number of rotatable bonds is 6. The van der Waals surface area contributed by atoms with E-state index < -0.39 is 0 Å². The zero-order valence-electron chi connectivity index (χ0n) is 13.6. The lowest BCUT2D eigenvalue weighted by Crippen LogP contribution is -2.27. The van der Waals surface area contributed by atoms with Crippen molar-refractivity contribution in [1.82, 2.24) is 30.2 Å². The Labute approximate surface area is 135 Å². The van der Waals surface area contributed by atoms with Crippen LogP contribution in [0.2, 0.25) is 0 Å².